The molecule has 0 saturated carbocycles. The fourth-order valence-electron chi connectivity index (χ4n) is 4.29. The molecule has 0 spiro atoms. The van der Waals surface area contributed by atoms with Gasteiger partial charge in [-0.15, -0.1) is 13.2 Å². The SMILES string of the molecule is C=CCC(CCn1c(=O)[nH]c(=O)n(CCC(CC=C)[Si](OC)(OC)OC)c1=O)[Si](OC)(OC)OC. The first-order valence-corrected chi connectivity index (χ1v) is 14.8. The monoisotopic (exact) mass is 533 g/mol. The molecule has 1 rings (SSSR count). The summed E-state index contributed by atoms with van der Waals surface area (Å²) < 4.78 is 35.4. The van der Waals surface area contributed by atoms with Crippen LogP contribution in [0.2, 0.25) is 11.1 Å². The summed E-state index contributed by atoms with van der Waals surface area (Å²) in [6.07, 6.45) is 5.07. The Labute approximate surface area is 207 Å². The smallest absolute Gasteiger partial charge is 0.377 e. The van der Waals surface area contributed by atoms with Crippen LogP contribution in [0.15, 0.2) is 39.7 Å². The van der Waals surface area contributed by atoms with Crippen molar-refractivity contribution in [2.24, 2.45) is 0 Å². The third-order valence-electron chi connectivity index (χ3n) is 6.18. The van der Waals surface area contributed by atoms with Crippen LogP contribution in [0.25, 0.3) is 0 Å². The van der Waals surface area contributed by atoms with Gasteiger partial charge in [0.25, 0.3) is 0 Å². The average molecular weight is 534 g/mol. The predicted octanol–water partition coefficient (Wildman–Crippen LogP) is 1.13. The number of nitrogens with one attached hydrogen (secondary N) is 1. The lowest BCUT2D eigenvalue weighted by molar-refractivity contribution is 0.109. The van der Waals surface area contributed by atoms with Crippen LogP contribution in [0.5, 0.6) is 0 Å². The normalized spacial score (nSPS) is 14.0. The van der Waals surface area contributed by atoms with Crippen LogP contribution in [0.3, 0.4) is 0 Å². The number of rotatable bonds is 18. The van der Waals surface area contributed by atoms with Crippen molar-refractivity contribution in [1.82, 2.24) is 14.1 Å². The highest BCUT2D eigenvalue weighted by molar-refractivity contribution is 6.62. The van der Waals surface area contributed by atoms with E-state index in [4.69, 9.17) is 26.6 Å². The molecule has 12 nitrogen and oxygen atoms in total. The Bertz CT molecular complexity index is 894. The topological polar surface area (TPSA) is 132 Å². The largest absolute Gasteiger partial charge is 0.503 e. The molecule has 35 heavy (non-hydrogen) atoms. The van der Waals surface area contributed by atoms with Crippen molar-refractivity contribution in [3.63, 3.8) is 0 Å². The highest BCUT2D eigenvalue weighted by Crippen LogP contribution is 2.32. The minimum Gasteiger partial charge on any atom is -0.377 e. The number of hydrogen-bond donors (Lipinski definition) is 1. The maximum Gasteiger partial charge on any atom is 0.503 e. The predicted molar refractivity (Wildman–Crippen MR) is 136 cm³/mol. The molecule has 0 fully saturated rings. The second kappa shape index (κ2) is 14.6. The number of hydrogen-bond acceptors (Lipinski definition) is 9. The Morgan fingerprint density at radius 3 is 1.29 bits per heavy atom. The summed E-state index contributed by atoms with van der Waals surface area (Å²) in [5, 5.41) is 0. The molecule has 0 bridgehead atoms. The minimum absolute atomic E-state index is 0.0285. The fraction of sp³-hybridized carbons (Fsp3) is 0.667. The van der Waals surface area contributed by atoms with Gasteiger partial charge in [0.15, 0.2) is 0 Å². The van der Waals surface area contributed by atoms with Gasteiger partial charge in [-0.1, -0.05) is 12.2 Å². The zero-order chi connectivity index (χ0) is 26.6. The lowest BCUT2D eigenvalue weighted by Crippen LogP contribution is -2.52. The number of nitrogens with zero attached hydrogens (tertiary/aromatic N) is 2. The number of aromatic nitrogens is 3. The third-order valence-corrected chi connectivity index (χ3v) is 12.6. The maximum atomic E-state index is 13.2. The molecule has 0 aliphatic carbocycles. The van der Waals surface area contributed by atoms with Gasteiger partial charge in [-0.2, -0.15) is 0 Å². The van der Waals surface area contributed by atoms with Crippen molar-refractivity contribution >= 4 is 17.6 Å². The van der Waals surface area contributed by atoms with Crippen LogP contribution in [0, 0.1) is 0 Å². The van der Waals surface area contributed by atoms with Gasteiger partial charge in [0.05, 0.1) is 0 Å². The summed E-state index contributed by atoms with van der Waals surface area (Å²) in [7, 11) is 2.85. The zero-order valence-electron chi connectivity index (χ0n) is 21.5. The molecule has 2 atom stereocenters. The maximum absolute atomic E-state index is 13.2. The van der Waals surface area contributed by atoms with Crippen LogP contribution in [-0.4, -0.2) is 74.4 Å². The summed E-state index contributed by atoms with van der Waals surface area (Å²) in [4.78, 5) is 40.4. The molecular weight excluding hydrogens is 494 g/mol. The van der Waals surface area contributed by atoms with Gasteiger partial charge < -0.3 is 26.6 Å². The van der Waals surface area contributed by atoms with E-state index in [0.717, 1.165) is 9.13 Å². The molecule has 200 valence electrons. The van der Waals surface area contributed by atoms with Gasteiger partial charge in [0, 0.05) is 66.8 Å². The van der Waals surface area contributed by atoms with E-state index in [-0.39, 0.29) is 24.2 Å². The zero-order valence-corrected chi connectivity index (χ0v) is 23.5. The second-order valence-corrected chi connectivity index (χ2v) is 14.3. The van der Waals surface area contributed by atoms with Gasteiger partial charge in [-0.05, 0) is 25.7 Å². The highest BCUT2D eigenvalue weighted by Gasteiger charge is 2.47. The number of allylic oxidation sites excluding steroid dienone is 2. The van der Waals surface area contributed by atoms with Crippen molar-refractivity contribution < 1.29 is 26.6 Å². The van der Waals surface area contributed by atoms with Crippen molar-refractivity contribution in [2.45, 2.75) is 49.9 Å². The standard InChI is InChI=1S/C21H39N3O9Si2/c1-9-11-17(34(28-3,29-4)30-5)13-15-23-19(25)22-20(26)24(21(23)27)16-14-18(12-10-2)35(31-6,32-7)33-8/h9-10,17-18H,1-2,11-16H2,3-8H3,(H,22,25,26). The first-order valence-electron chi connectivity index (χ1n) is 11.2. The minimum atomic E-state index is -3.07. The van der Waals surface area contributed by atoms with E-state index in [0.29, 0.717) is 25.7 Å². The summed E-state index contributed by atoms with van der Waals surface area (Å²) >= 11 is 0. The van der Waals surface area contributed by atoms with E-state index < -0.39 is 34.7 Å². The third kappa shape index (κ3) is 7.07. The molecule has 1 heterocycles. The Balaban J connectivity index is 3.28. The van der Waals surface area contributed by atoms with Crippen LogP contribution in [-0.2, 0) is 39.6 Å². The van der Waals surface area contributed by atoms with Crippen molar-refractivity contribution in [1.29, 1.82) is 0 Å². The van der Waals surface area contributed by atoms with Gasteiger partial charge in [-0.25, -0.2) is 23.5 Å². The Morgan fingerprint density at radius 2 is 1.03 bits per heavy atom. The average Bonchev–Trinajstić information content (AvgIpc) is 2.86. The van der Waals surface area contributed by atoms with Crippen molar-refractivity contribution in [3.8, 4) is 0 Å². The van der Waals surface area contributed by atoms with Gasteiger partial charge >= 0.3 is 34.7 Å². The van der Waals surface area contributed by atoms with Crippen molar-refractivity contribution in [3.05, 3.63) is 56.8 Å². The molecule has 0 aliphatic heterocycles. The summed E-state index contributed by atoms with van der Waals surface area (Å²) in [5.41, 5.74) is -2.79. The Morgan fingerprint density at radius 1 is 0.714 bits per heavy atom. The Hall–Kier alpha value is -1.92. The lowest BCUT2D eigenvalue weighted by atomic mass is 10.2. The fourth-order valence-corrected chi connectivity index (χ4v) is 9.17. The summed E-state index contributed by atoms with van der Waals surface area (Å²) in [6, 6.07) is 0. The van der Waals surface area contributed by atoms with E-state index in [1.54, 1.807) is 12.2 Å². The van der Waals surface area contributed by atoms with Crippen LogP contribution < -0.4 is 17.1 Å². The molecule has 0 radical (unpaired) electrons. The molecule has 1 aromatic rings. The number of aromatic amines is 1. The highest BCUT2D eigenvalue weighted by atomic mass is 28.4. The van der Waals surface area contributed by atoms with Crippen LogP contribution >= 0.6 is 0 Å². The number of H-pyrrole nitrogens is 1. The first-order chi connectivity index (χ1) is 16.7. The first kappa shape index (κ1) is 31.1. The second-order valence-electron chi connectivity index (χ2n) is 7.77. The summed E-state index contributed by atoms with van der Waals surface area (Å²) in [5.74, 6) is 0. The van der Waals surface area contributed by atoms with Crippen LogP contribution in [0.1, 0.15) is 25.7 Å². The molecule has 14 heteroatoms. The van der Waals surface area contributed by atoms with E-state index in [1.165, 1.54) is 42.7 Å². The van der Waals surface area contributed by atoms with E-state index >= 15 is 0 Å². The lowest BCUT2D eigenvalue weighted by Gasteiger charge is -2.32. The quantitative estimate of drug-likeness (QED) is 0.218. The van der Waals surface area contributed by atoms with Gasteiger partial charge in [0.2, 0.25) is 0 Å². The van der Waals surface area contributed by atoms with Crippen LogP contribution in [0.4, 0.5) is 0 Å². The summed E-state index contributed by atoms with van der Waals surface area (Å²) in [6.45, 7) is 7.59. The molecule has 0 aromatic carbocycles. The van der Waals surface area contributed by atoms with E-state index in [1.807, 2.05) is 0 Å². The molecular formula is C21H39N3O9Si2. The van der Waals surface area contributed by atoms with E-state index in [2.05, 4.69) is 18.1 Å². The Kier molecular flexibility index (Phi) is 13.0. The molecule has 1 aromatic heterocycles. The molecule has 0 saturated heterocycles. The molecule has 0 amide bonds. The van der Waals surface area contributed by atoms with Gasteiger partial charge in [-0.3, -0.25) is 4.98 Å². The van der Waals surface area contributed by atoms with Crippen molar-refractivity contribution in [2.75, 3.05) is 42.7 Å². The molecule has 1 N–H and O–H groups in total. The van der Waals surface area contributed by atoms with E-state index in [9.17, 15) is 14.4 Å². The molecule has 2 unspecified atom stereocenters. The molecule has 0 aliphatic rings. The van der Waals surface area contributed by atoms with Gasteiger partial charge in [0.1, 0.15) is 0 Å².